The predicted molar refractivity (Wildman–Crippen MR) is 70.8 cm³/mol. The number of rotatable bonds is 6. The Morgan fingerprint density at radius 3 is 2.26 bits per heavy atom. The lowest BCUT2D eigenvalue weighted by atomic mass is 10.1. The minimum atomic E-state index is -4.54. The summed E-state index contributed by atoms with van der Waals surface area (Å²) in [5.41, 5.74) is -1.05. The third-order valence-electron chi connectivity index (χ3n) is 2.96. The largest absolute Gasteiger partial charge is 0.480 e. The predicted octanol–water partition coefficient (Wildman–Crippen LogP) is 1.61. The van der Waals surface area contributed by atoms with E-state index in [9.17, 15) is 27.9 Å². The van der Waals surface area contributed by atoms with E-state index in [2.05, 4.69) is 0 Å². The first-order chi connectivity index (χ1) is 10.7. The van der Waals surface area contributed by atoms with Gasteiger partial charge >= 0.3 is 12.1 Å². The number of hydrogen-bond acceptors (Lipinski definition) is 4. The van der Waals surface area contributed by atoms with Crippen molar-refractivity contribution in [3.05, 3.63) is 35.4 Å². The van der Waals surface area contributed by atoms with Crippen LogP contribution in [0.2, 0.25) is 0 Å². The fourth-order valence-corrected chi connectivity index (χ4v) is 1.72. The number of aliphatic carboxylic acids is 1. The average Bonchev–Trinajstić information content (AvgIpc) is 2.49. The van der Waals surface area contributed by atoms with Gasteiger partial charge in [0.15, 0.2) is 6.10 Å². The highest BCUT2D eigenvalue weighted by atomic mass is 19.4. The van der Waals surface area contributed by atoms with Crippen LogP contribution in [0.25, 0.3) is 0 Å². The molecule has 3 N–H and O–H groups in total. The van der Waals surface area contributed by atoms with E-state index in [4.69, 9.17) is 10.4 Å². The molecule has 0 radical (unpaired) electrons. The van der Waals surface area contributed by atoms with Crippen LogP contribution in [0, 0.1) is 11.3 Å². The lowest BCUT2D eigenvalue weighted by Crippen LogP contribution is -2.43. The van der Waals surface area contributed by atoms with Crippen molar-refractivity contribution < 1.29 is 33.0 Å². The normalized spacial score (nSPS) is 13.7. The molecule has 6 nitrogen and oxygen atoms in total. The zero-order valence-electron chi connectivity index (χ0n) is 11.7. The van der Waals surface area contributed by atoms with Crippen LogP contribution < -0.4 is 5.32 Å². The minimum absolute atomic E-state index is 0.111. The number of hydrogen-bond donors (Lipinski definition) is 3. The van der Waals surface area contributed by atoms with Crippen molar-refractivity contribution >= 4 is 11.9 Å². The number of amides is 1. The summed E-state index contributed by atoms with van der Waals surface area (Å²) in [6.45, 7) is 0. The first-order valence-electron chi connectivity index (χ1n) is 6.42. The van der Waals surface area contributed by atoms with E-state index in [0.29, 0.717) is 12.1 Å². The second-order valence-electron chi connectivity index (χ2n) is 4.62. The number of carbonyl (C=O) groups excluding carboxylic acids is 1. The van der Waals surface area contributed by atoms with E-state index in [1.54, 1.807) is 6.07 Å². The van der Waals surface area contributed by atoms with Crippen LogP contribution in [0.1, 0.15) is 30.1 Å². The van der Waals surface area contributed by atoms with Crippen LogP contribution >= 0.6 is 0 Å². The van der Waals surface area contributed by atoms with Crippen molar-refractivity contribution in [1.82, 2.24) is 5.32 Å². The Morgan fingerprint density at radius 1 is 1.26 bits per heavy atom. The highest BCUT2D eigenvalue weighted by molar-refractivity contribution is 5.86. The van der Waals surface area contributed by atoms with Gasteiger partial charge in [-0.25, -0.2) is 4.79 Å². The zero-order chi connectivity index (χ0) is 17.6. The van der Waals surface area contributed by atoms with Gasteiger partial charge in [0.25, 0.3) is 5.91 Å². The van der Waals surface area contributed by atoms with Gasteiger partial charge in [-0.15, -0.1) is 0 Å². The Bertz CT molecular complexity index is 608. The van der Waals surface area contributed by atoms with Gasteiger partial charge in [0.1, 0.15) is 6.04 Å². The number of nitriles is 1. The molecule has 1 aromatic rings. The average molecular weight is 330 g/mol. The summed E-state index contributed by atoms with van der Waals surface area (Å²) in [6, 6.07) is 3.62. The molecule has 124 valence electrons. The van der Waals surface area contributed by atoms with E-state index in [1.165, 1.54) is 0 Å². The molecule has 0 spiro atoms. The number of benzene rings is 1. The van der Waals surface area contributed by atoms with E-state index < -0.39 is 35.8 Å². The number of nitrogens with one attached hydrogen (secondary N) is 1. The molecule has 0 heterocycles. The monoisotopic (exact) mass is 330 g/mol. The van der Waals surface area contributed by atoms with Gasteiger partial charge < -0.3 is 15.5 Å². The molecule has 0 aliphatic heterocycles. The molecular formula is C14H13F3N2O4. The Kier molecular flexibility index (Phi) is 6.10. The van der Waals surface area contributed by atoms with Gasteiger partial charge in [0, 0.05) is 6.42 Å². The number of halogens is 3. The van der Waals surface area contributed by atoms with Gasteiger partial charge in [-0.3, -0.25) is 4.79 Å². The molecule has 0 unspecified atom stereocenters. The highest BCUT2D eigenvalue weighted by Gasteiger charge is 2.31. The lowest BCUT2D eigenvalue weighted by molar-refractivity contribution is -0.143. The number of carboxylic acids is 1. The van der Waals surface area contributed by atoms with Gasteiger partial charge in [-0.05, 0) is 24.1 Å². The summed E-state index contributed by atoms with van der Waals surface area (Å²) in [4.78, 5) is 22.7. The van der Waals surface area contributed by atoms with E-state index in [-0.39, 0.29) is 18.4 Å². The summed E-state index contributed by atoms with van der Waals surface area (Å²) in [5, 5.41) is 29.1. The Labute approximate surface area is 129 Å². The fraction of sp³-hybridized carbons (Fsp3) is 0.357. The quantitative estimate of drug-likeness (QED) is 0.734. The molecule has 0 aromatic heterocycles. The Morgan fingerprint density at radius 2 is 1.83 bits per heavy atom. The molecule has 1 amide bonds. The van der Waals surface area contributed by atoms with Gasteiger partial charge in [-0.2, -0.15) is 18.4 Å². The van der Waals surface area contributed by atoms with Crippen LogP contribution in [0.3, 0.4) is 0 Å². The number of nitrogens with zero attached hydrogens (tertiary/aromatic N) is 1. The number of carbonyl (C=O) groups is 2. The molecular weight excluding hydrogens is 317 g/mol. The third kappa shape index (κ3) is 5.27. The van der Waals surface area contributed by atoms with Crippen LogP contribution in [0.15, 0.2) is 24.3 Å². The maximum absolute atomic E-state index is 12.4. The summed E-state index contributed by atoms with van der Waals surface area (Å²) in [7, 11) is 0. The lowest BCUT2D eigenvalue weighted by Gasteiger charge is -2.17. The number of aliphatic hydroxyl groups excluding tert-OH is 1. The molecule has 0 saturated heterocycles. The summed E-state index contributed by atoms with van der Waals surface area (Å²) < 4.78 is 37.3. The van der Waals surface area contributed by atoms with Gasteiger partial charge in [0.2, 0.25) is 0 Å². The zero-order valence-corrected chi connectivity index (χ0v) is 11.7. The van der Waals surface area contributed by atoms with Crippen molar-refractivity contribution in [3.63, 3.8) is 0 Å². The molecule has 1 aromatic carbocycles. The van der Waals surface area contributed by atoms with Crippen LogP contribution in [-0.4, -0.2) is 28.1 Å². The van der Waals surface area contributed by atoms with Crippen molar-refractivity contribution in [2.45, 2.75) is 31.2 Å². The minimum Gasteiger partial charge on any atom is -0.480 e. The summed E-state index contributed by atoms with van der Waals surface area (Å²) >= 11 is 0. The maximum atomic E-state index is 12.4. The fourth-order valence-electron chi connectivity index (χ4n) is 1.72. The molecule has 0 saturated carbocycles. The number of alkyl halides is 3. The Hall–Kier alpha value is -2.60. The topological polar surface area (TPSA) is 110 Å². The molecule has 0 aliphatic carbocycles. The third-order valence-corrected chi connectivity index (χ3v) is 2.96. The molecule has 9 heteroatoms. The van der Waals surface area contributed by atoms with E-state index in [1.807, 2.05) is 5.32 Å². The van der Waals surface area contributed by atoms with Crippen molar-refractivity contribution in [2.24, 2.45) is 0 Å². The number of aliphatic hydroxyl groups is 1. The van der Waals surface area contributed by atoms with E-state index >= 15 is 0 Å². The van der Waals surface area contributed by atoms with Crippen LogP contribution in [0.4, 0.5) is 13.2 Å². The molecule has 0 aliphatic rings. The molecule has 23 heavy (non-hydrogen) atoms. The molecule has 0 bridgehead atoms. The second-order valence-corrected chi connectivity index (χ2v) is 4.62. The van der Waals surface area contributed by atoms with Crippen LogP contribution in [0.5, 0.6) is 0 Å². The van der Waals surface area contributed by atoms with Gasteiger partial charge in [0.05, 0.1) is 11.6 Å². The first kappa shape index (κ1) is 18.4. The maximum Gasteiger partial charge on any atom is 0.416 e. The smallest absolute Gasteiger partial charge is 0.416 e. The standard InChI is InChI=1S/C14H13F3N2O4/c15-14(16,17)9-5-3-8(4-6-9)11(20)12(21)19-10(13(22)23)2-1-7-18/h3-6,10-11,20H,1-2H2,(H,19,21)(H,22,23)/t10-,11-/m0/s1. The van der Waals surface area contributed by atoms with Crippen molar-refractivity contribution in [1.29, 1.82) is 5.26 Å². The SMILES string of the molecule is N#CCC[C@H](NC(=O)[C@@H](O)c1ccc(C(F)(F)F)cc1)C(=O)O. The molecule has 0 fully saturated rings. The summed E-state index contributed by atoms with van der Waals surface area (Å²) in [6.07, 6.45) is -6.64. The van der Waals surface area contributed by atoms with Gasteiger partial charge in [-0.1, -0.05) is 12.1 Å². The second kappa shape index (κ2) is 7.60. The van der Waals surface area contributed by atoms with E-state index in [0.717, 1.165) is 12.1 Å². The van der Waals surface area contributed by atoms with Crippen molar-refractivity contribution in [3.8, 4) is 6.07 Å². The Balaban J connectivity index is 2.79. The van der Waals surface area contributed by atoms with Crippen molar-refractivity contribution in [2.75, 3.05) is 0 Å². The number of carboxylic acid groups (broad SMARTS) is 1. The first-order valence-corrected chi connectivity index (χ1v) is 6.42. The highest BCUT2D eigenvalue weighted by Crippen LogP contribution is 2.29. The molecule has 1 rings (SSSR count). The molecule has 2 atom stereocenters. The summed E-state index contributed by atoms with van der Waals surface area (Å²) in [5.74, 6) is -2.46. The van der Waals surface area contributed by atoms with Crippen LogP contribution in [-0.2, 0) is 15.8 Å².